The molecule has 3 aromatic carbocycles. The molecule has 0 saturated heterocycles. The topological polar surface area (TPSA) is 189 Å². The largest absolute Gasteiger partial charge is 0.508 e. The van der Waals surface area contributed by atoms with Crippen molar-refractivity contribution < 1.29 is 44.3 Å². The molecule has 0 aliphatic rings. The second-order valence-electron chi connectivity index (χ2n) is 8.33. The van der Waals surface area contributed by atoms with Crippen molar-refractivity contribution in [1.82, 2.24) is 5.32 Å². The molecule has 212 valence electrons. The number of nitrogens with two attached hydrogens (primary N) is 1. The van der Waals surface area contributed by atoms with Gasteiger partial charge in [-0.05, 0) is 73.0 Å². The van der Waals surface area contributed by atoms with E-state index in [-0.39, 0.29) is 35.1 Å². The Hall–Kier alpha value is -5.03. The minimum atomic E-state index is -1.31. The number of methoxy groups -OCH3 is 1. The van der Waals surface area contributed by atoms with Crippen LogP contribution in [0.2, 0.25) is 0 Å². The van der Waals surface area contributed by atoms with Crippen LogP contribution in [0.25, 0.3) is 6.08 Å². The van der Waals surface area contributed by atoms with Crippen molar-refractivity contribution in [3.8, 4) is 28.7 Å². The number of carboxylic acid groups (broad SMARTS) is 1. The van der Waals surface area contributed by atoms with Crippen LogP contribution in [0.3, 0.4) is 0 Å². The van der Waals surface area contributed by atoms with E-state index in [1.807, 2.05) is 0 Å². The second-order valence-corrected chi connectivity index (χ2v) is 8.33. The number of phenols is 3. The molecular weight excluding hydrogens is 520 g/mol. The predicted octanol–water partition coefficient (Wildman–Crippen LogP) is 3.21. The standard InChI is InChI=1S/C15H12O6.C14H20N2O3/c16-10-6-4-9(5-7-10)8-13(18)21-14-11(15(19)20)2-1-3-12(14)17;1-19-13-10-11(4-6-12(13)17)5-7-14(18)16-9-3-2-8-15/h1-7,16-17H,8H2,(H,19,20);4-7,10,17H,2-3,8-9,15H2,1H3,(H,16,18). The number of unbranched alkanes of at least 4 members (excludes halogenated alkanes) is 1. The monoisotopic (exact) mass is 552 g/mol. The van der Waals surface area contributed by atoms with E-state index >= 15 is 0 Å². The maximum Gasteiger partial charge on any atom is 0.339 e. The summed E-state index contributed by atoms with van der Waals surface area (Å²) < 4.78 is 9.93. The number of para-hydroxylation sites is 1. The summed E-state index contributed by atoms with van der Waals surface area (Å²) in [6.45, 7) is 1.26. The fourth-order valence-corrected chi connectivity index (χ4v) is 3.24. The van der Waals surface area contributed by atoms with Crippen LogP contribution in [0, 0.1) is 0 Å². The SMILES string of the molecule is COc1cc(C=CC(=O)NCCCCN)ccc1O.O=C(Cc1ccc(O)cc1)Oc1c(O)cccc1C(=O)O. The van der Waals surface area contributed by atoms with E-state index in [2.05, 4.69) is 5.32 Å². The molecule has 0 unspecified atom stereocenters. The first-order valence-corrected chi connectivity index (χ1v) is 12.2. The Morgan fingerprint density at radius 3 is 2.33 bits per heavy atom. The molecule has 11 nitrogen and oxygen atoms in total. The Bertz CT molecular complexity index is 1320. The molecule has 0 aliphatic heterocycles. The van der Waals surface area contributed by atoms with Crippen molar-refractivity contribution in [1.29, 1.82) is 0 Å². The van der Waals surface area contributed by atoms with Crippen LogP contribution in [-0.4, -0.2) is 58.5 Å². The molecule has 0 atom stereocenters. The number of esters is 1. The summed E-state index contributed by atoms with van der Waals surface area (Å²) in [5.41, 5.74) is 6.44. The quantitative estimate of drug-likeness (QED) is 0.0892. The highest BCUT2D eigenvalue weighted by atomic mass is 16.5. The third-order valence-electron chi connectivity index (χ3n) is 5.29. The van der Waals surface area contributed by atoms with E-state index in [0.717, 1.165) is 18.4 Å². The maximum absolute atomic E-state index is 11.8. The fourth-order valence-electron chi connectivity index (χ4n) is 3.24. The summed E-state index contributed by atoms with van der Waals surface area (Å²) in [4.78, 5) is 34.3. The molecule has 11 heteroatoms. The molecule has 7 N–H and O–H groups in total. The van der Waals surface area contributed by atoms with Crippen LogP contribution in [0.4, 0.5) is 0 Å². The van der Waals surface area contributed by atoms with Gasteiger partial charge in [0.15, 0.2) is 23.0 Å². The number of nitrogens with one attached hydrogen (secondary N) is 1. The van der Waals surface area contributed by atoms with Gasteiger partial charge in [0.1, 0.15) is 11.3 Å². The van der Waals surface area contributed by atoms with Crippen LogP contribution in [0.1, 0.15) is 34.3 Å². The lowest BCUT2D eigenvalue weighted by molar-refractivity contribution is -0.133. The number of hydrogen-bond donors (Lipinski definition) is 6. The number of hydrogen-bond acceptors (Lipinski definition) is 9. The van der Waals surface area contributed by atoms with Gasteiger partial charge in [-0.2, -0.15) is 0 Å². The molecule has 1 amide bonds. The Morgan fingerprint density at radius 1 is 0.950 bits per heavy atom. The van der Waals surface area contributed by atoms with Crippen molar-refractivity contribution in [2.24, 2.45) is 5.73 Å². The molecule has 3 rings (SSSR count). The molecule has 0 aliphatic carbocycles. The fraction of sp³-hybridized carbons (Fsp3) is 0.207. The van der Waals surface area contributed by atoms with Crippen LogP contribution < -0.4 is 20.5 Å². The van der Waals surface area contributed by atoms with Gasteiger partial charge in [-0.3, -0.25) is 9.59 Å². The Morgan fingerprint density at radius 2 is 1.68 bits per heavy atom. The highest BCUT2D eigenvalue weighted by Crippen LogP contribution is 2.30. The maximum atomic E-state index is 11.8. The van der Waals surface area contributed by atoms with Crippen molar-refractivity contribution in [3.05, 3.63) is 83.4 Å². The summed E-state index contributed by atoms with van der Waals surface area (Å²) in [5, 5.41) is 40.0. The third kappa shape index (κ3) is 10.4. The van der Waals surface area contributed by atoms with Gasteiger partial charge in [-0.25, -0.2) is 4.79 Å². The number of phenolic OH excluding ortho intramolecular Hbond substituents is 3. The first-order chi connectivity index (χ1) is 19.1. The Kier molecular flexibility index (Phi) is 12.5. The van der Waals surface area contributed by atoms with Gasteiger partial charge < -0.3 is 41.0 Å². The molecule has 0 aromatic heterocycles. The molecule has 0 spiro atoms. The van der Waals surface area contributed by atoms with E-state index in [0.29, 0.717) is 24.4 Å². The summed E-state index contributed by atoms with van der Waals surface area (Å²) >= 11 is 0. The first kappa shape index (κ1) is 31.2. The molecule has 3 aromatic rings. The van der Waals surface area contributed by atoms with E-state index in [1.165, 1.54) is 49.6 Å². The van der Waals surface area contributed by atoms with Gasteiger partial charge in [-0.15, -0.1) is 0 Å². The summed E-state index contributed by atoms with van der Waals surface area (Å²) in [6.07, 6.45) is 4.78. The zero-order chi connectivity index (χ0) is 29.5. The lowest BCUT2D eigenvalue weighted by atomic mass is 10.1. The van der Waals surface area contributed by atoms with Gasteiger partial charge in [-0.1, -0.05) is 24.3 Å². The van der Waals surface area contributed by atoms with Gasteiger partial charge in [0, 0.05) is 12.6 Å². The number of aromatic hydroxyl groups is 3. The average Bonchev–Trinajstić information content (AvgIpc) is 2.93. The molecule has 40 heavy (non-hydrogen) atoms. The highest BCUT2D eigenvalue weighted by Gasteiger charge is 2.18. The van der Waals surface area contributed by atoms with Crippen LogP contribution in [-0.2, 0) is 16.0 Å². The molecule has 0 saturated carbocycles. The summed E-state index contributed by atoms with van der Waals surface area (Å²) in [5.74, 6) is -2.45. The number of rotatable bonds is 11. The van der Waals surface area contributed by atoms with Gasteiger partial charge in [0.2, 0.25) is 5.91 Å². The highest BCUT2D eigenvalue weighted by molar-refractivity contribution is 5.93. The van der Waals surface area contributed by atoms with Crippen LogP contribution in [0.5, 0.6) is 28.7 Å². The molecule has 0 heterocycles. The third-order valence-corrected chi connectivity index (χ3v) is 5.29. The minimum absolute atomic E-state index is 0.0704. The Labute approximate surface area is 231 Å². The smallest absolute Gasteiger partial charge is 0.339 e. The minimum Gasteiger partial charge on any atom is -0.508 e. The number of ether oxygens (including phenoxy) is 2. The normalized spacial score (nSPS) is 10.3. The molecule has 0 fully saturated rings. The number of benzene rings is 3. The first-order valence-electron chi connectivity index (χ1n) is 12.2. The van der Waals surface area contributed by atoms with E-state index in [9.17, 15) is 24.6 Å². The lowest BCUT2D eigenvalue weighted by Crippen LogP contribution is -2.22. The Balaban J connectivity index is 0.000000282. The lowest BCUT2D eigenvalue weighted by Gasteiger charge is -2.09. The van der Waals surface area contributed by atoms with E-state index in [1.54, 1.807) is 30.3 Å². The van der Waals surface area contributed by atoms with Crippen molar-refractivity contribution >= 4 is 23.9 Å². The van der Waals surface area contributed by atoms with Gasteiger partial charge in [0.25, 0.3) is 0 Å². The number of carbonyl (C=O) groups is 3. The van der Waals surface area contributed by atoms with Crippen LogP contribution in [0.15, 0.2) is 66.7 Å². The molecule has 0 bridgehead atoms. The van der Waals surface area contributed by atoms with Crippen molar-refractivity contribution in [3.63, 3.8) is 0 Å². The molecule has 0 radical (unpaired) electrons. The zero-order valence-corrected chi connectivity index (χ0v) is 21.9. The number of carbonyl (C=O) groups excluding carboxylic acids is 2. The summed E-state index contributed by atoms with van der Waals surface area (Å²) in [7, 11) is 1.48. The number of aromatic carboxylic acids is 1. The van der Waals surface area contributed by atoms with Crippen LogP contribution >= 0.6 is 0 Å². The van der Waals surface area contributed by atoms with Gasteiger partial charge in [0.05, 0.1) is 13.5 Å². The van der Waals surface area contributed by atoms with Crippen molar-refractivity contribution in [2.45, 2.75) is 19.3 Å². The van der Waals surface area contributed by atoms with Gasteiger partial charge >= 0.3 is 11.9 Å². The average molecular weight is 553 g/mol. The molecular formula is C29H32N2O9. The van der Waals surface area contributed by atoms with E-state index in [4.69, 9.17) is 25.4 Å². The number of amides is 1. The second kappa shape index (κ2) is 16.0. The number of carboxylic acids is 1. The van der Waals surface area contributed by atoms with Crippen molar-refractivity contribution in [2.75, 3.05) is 20.2 Å². The predicted molar refractivity (Wildman–Crippen MR) is 148 cm³/mol. The zero-order valence-electron chi connectivity index (χ0n) is 21.9. The summed E-state index contributed by atoms with van der Waals surface area (Å²) in [6, 6.07) is 14.6. The van der Waals surface area contributed by atoms with E-state index < -0.39 is 17.7 Å².